The number of aromatic amines is 1. The fourth-order valence-electron chi connectivity index (χ4n) is 1.54. The van der Waals surface area contributed by atoms with Crippen LogP contribution in [0.15, 0.2) is 12.4 Å². The fourth-order valence-corrected chi connectivity index (χ4v) is 2.86. The van der Waals surface area contributed by atoms with Gasteiger partial charge in [0, 0.05) is 22.9 Å². The molecule has 0 fully saturated rings. The predicted molar refractivity (Wildman–Crippen MR) is 45.2 cm³/mol. The zero-order valence-corrected chi connectivity index (χ0v) is 7.03. The van der Waals surface area contributed by atoms with E-state index in [0.29, 0.717) is 10.5 Å². The second-order valence-electron chi connectivity index (χ2n) is 2.79. The highest BCUT2D eigenvalue weighted by molar-refractivity contribution is 8.00. The average Bonchev–Trinajstić information content (AvgIpc) is 2.39. The van der Waals surface area contributed by atoms with Gasteiger partial charge in [-0.2, -0.15) is 0 Å². The first kappa shape index (κ1) is 6.35. The van der Waals surface area contributed by atoms with E-state index in [1.165, 1.54) is 11.1 Å². The first-order valence-electron chi connectivity index (χ1n) is 3.61. The fraction of sp³-hybridized carbons (Fsp3) is 0.500. The highest BCUT2D eigenvalue weighted by Gasteiger charge is 2.25. The lowest BCUT2D eigenvalue weighted by Crippen LogP contribution is -1.76. The van der Waals surface area contributed by atoms with Crippen LogP contribution in [0, 0.1) is 0 Å². The molecule has 0 saturated heterocycles. The van der Waals surface area contributed by atoms with E-state index in [0.717, 1.165) is 0 Å². The van der Waals surface area contributed by atoms with Crippen LogP contribution in [0.1, 0.15) is 35.5 Å². The third-order valence-electron chi connectivity index (χ3n) is 2.10. The Labute approximate surface area is 65.2 Å². The van der Waals surface area contributed by atoms with Crippen molar-refractivity contribution < 1.29 is 0 Å². The first-order valence-corrected chi connectivity index (χ1v) is 4.55. The predicted octanol–water partition coefficient (Wildman–Crippen LogP) is 2.88. The van der Waals surface area contributed by atoms with Crippen LogP contribution in [0.4, 0.5) is 0 Å². The smallest absolute Gasteiger partial charge is 0.0293 e. The van der Waals surface area contributed by atoms with Gasteiger partial charge in [0.15, 0.2) is 0 Å². The Morgan fingerprint density at radius 1 is 1.20 bits per heavy atom. The van der Waals surface area contributed by atoms with Crippen molar-refractivity contribution in [1.29, 1.82) is 0 Å². The molecule has 54 valence electrons. The number of fused-ring (bicyclic) bond motifs is 1. The normalized spacial score (nSPS) is 30.6. The third kappa shape index (κ3) is 0.717. The van der Waals surface area contributed by atoms with Crippen molar-refractivity contribution in [2.24, 2.45) is 0 Å². The second kappa shape index (κ2) is 2.06. The highest BCUT2D eigenvalue weighted by Crippen LogP contribution is 2.49. The van der Waals surface area contributed by atoms with E-state index >= 15 is 0 Å². The van der Waals surface area contributed by atoms with Crippen LogP contribution >= 0.6 is 11.8 Å². The zero-order chi connectivity index (χ0) is 7.14. The number of hydrogen-bond donors (Lipinski definition) is 1. The Hall–Kier alpha value is -0.370. The lowest BCUT2D eigenvalue weighted by molar-refractivity contribution is 1.10. The van der Waals surface area contributed by atoms with Gasteiger partial charge >= 0.3 is 0 Å². The minimum atomic E-state index is 0.691. The molecule has 1 aliphatic heterocycles. The van der Waals surface area contributed by atoms with Crippen molar-refractivity contribution in [2.45, 2.75) is 24.3 Å². The average molecular weight is 153 g/mol. The Morgan fingerprint density at radius 2 is 1.70 bits per heavy atom. The van der Waals surface area contributed by atoms with Gasteiger partial charge < -0.3 is 4.98 Å². The number of aromatic nitrogens is 1. The summed E-state index contributed by atoms with van der Waals surface area (Å²) in [5.74, 6) is 0. The van der Waals surface area contributed by atoms with E-state index in [9.17, 15) is 0 Å². The van der Waals surface area contributed by atoms with E-state index in [4.69, 9.17) is 0 Å². The molecule has 0 bridgehead atoms. The third-order valence-corrected chi connectivity index (χ3v) is 3.42. The van der Waals surface area contributed by atoms with E-state index in [1.54, 1.807) is 0 Å². The van der Waals surface area contributed by atoms with Crippen molar-refractivity contribution in [3.05, 3.63) is 23.5 Å². The molecule has 0 radical (unpaired) electrons. The van der Waals surface area contributed by atoms with Crippen LogP contribution in [0.5, 0.6) is 0 Å². The number of thioether (sulfide) groups is 1. The Balaban J connectivity index is 2.48. The van der Waals surface area contributed by atoms with Gasteiger partial charge in [-0.3, -0.25) is 0 Å². The molecule has 2 heteroatoms. The summed E-state index contributed by atoms with van der Waals surface area (Å²) in [4.78, 5) is 3.15. The molecular formula is C8H11NS. The molecule has 1 aromatic heterocycles. The standard InChI is InChI=1S/C8H11NS/c1-5-7-3-9-4-8(7)6(2)10-5/h3-6,9H,1-2H3. The van der Waals surface area contributed by atoms with Crippen LogP contribution in [0.3, 0.4) is 0 Å². The van der Waals surface area contributed by atoms with Gasteiger partial charge in [-0.15, -0.1) is 11.8 Å². The quantitative estimate of drug-likeness (QED) is 0.606. The molecular weight excluding hydrogens is 142 g/mol. The van der Waals surface area contributed by atoms with Gasteiger partial charge in [0.25, 0.3) is 0 Å². The van der Waals surface area contributed by atoms with Crippen LogP contribution in [-0.4, -0.2) is 4.98 Å². The summed E-state index contributed by atoms with van der Waals surface area (Å²) in [6, 6.07) is 0. The molecule has 0 spiro atoms. The van der Waals surface area contributed by atoms with Gasteiger partial charge in [-0.25, -0.2) is 0 Å². The summed E-state index contributed by atoms with van der Waals surface area (Å²) in [7, 11) is 0. The maximum absolute atomic E-state index is 3.15. The van der Waals surface area contributed by atoms with E-state index in [2.05, 4.69) is 31.2 Å². The molecule has 2 rings (SSSR count). The van der Waals surface area contributed by atoms with Gasteiger partial charge in [-0.05, 0) is 25.0 Å². The Bertz CT molecular complexity index is 219. The highest BCUT2D eigenvalue weighted by atomic mass is 32.2. The molecule has 1 nitrogen and oxygen atoms in total. The lowest BCUT2D eigenvalue weighted by Gasteiger charge is -2.00. The molecule has 0 saturated carbocycles. The maximum atomic E-state index is 3.15. The van der Waals surface area contributed by atoms with Crippen molar-refractivity contribution in [3.63, 3.8) is 0 Å². The number of rotatable bonds is 0. The Kier molecular flexibility index (Phi) is 1.31. The molecule has 2 atom stereocenters. The summed E-state index contributed by atoms with van der Waals surface area (Å²) >= 11 is 2.04. The molecule has 0 amide bonds. The molecule has 0 aromatic carbocycles. The van der Waals surface area contributed by atoms with Crippen molar-refractivity contribution in [2.75, 3.05) is 0 Å². The molecule has 0 aliphatic carbocycles. The zero-order valence-electron chi connectivity index (χ0n) is 6.22. The largest absolute Gasteiger partial charge is 0.367 e. The number of hydrogen-bond acceptors (Lipinski definition) is 1. The monoisotopic (exact) mass is 153 g/mol. The summed E-state index contributed by atoms with van der Waals surface area (Å²) in [6.07, 6.45) is 4.24. The number of H-pyrrole nitrogens is 1. The van der Waals surface area contributed by atoms with Crippen molar-refractivity contribution in [3.8, 4) is 0 Å². The minimum absolute atomic E-state index is 0.691. The van der Waals surface area contributed by atoms with E-state index < -0.39 is 0 Å². The molecule has 10 heavy (non-hydrogen) atoms. The molecule has 1 aromatic rings. The summed E-state index contributed by atoms with van der Waals surface area (Å²) in [5, 5.41) is 1.38. The van der Waals surface area contributed by atoms with Gasteiger partial charge in [0.1, 0.15) is 0 Å². The van der Waals surface area contributed by atoms with Crippen molar-refractivity contribution in [1.82, 2.24) is 4.98 Å². The van der Waals surface area contributed by atoms with Crippen molar-refractivity contribution >= 4 is 11.8 Å². The topological polar surface area (TPSA) is 15.8 Å². The summed E-state index contributed by atoms with van der Waals surface area (Å²) < 4.78 is 0. The molecule has 2 heterocycles. The minimum Gasteiger partial charge on any atom is -0.367 e. The molecule has 2 unspecified atom stereocenters. The molecule has 1 aliphatic rings. The van der Waals surface area contributed by atoms with Crippen LogP contribution < -0.4 is 0 Å². The maximum Gasteiger partial charge on any atom is 0.0293 e. The van der Waals surface area contributed by atoms with Gasteiger partial charge in [-0.1, -0.05) is 0 Å². The van der Waals surface area contributed by atoms with Gasteiger partial charge in [0.05, 0.1) is 0 Å². The summed E-state index contributed by atoms with van der Waals surface area (Å²) in [6.45, 7) is 4.53. The van der Waals surface area contributed by atoms with Crippen LogP contribution in [-0.2, 0) is 0 Å². The first-order chi connectivity index (χ1) is 4.79. The van der Waals surface area contributed by atoms with E-state index in [1.807, 2.05) is 11.8 Å². The summed E-state index contributed by atoms with van der Waals surface area (Å²) in [5.41, 5.74) is 3.00. The van der Waals surface area contributed by atoms with E-state index in [-0.39, 0.29) is 0 Å². The Morgan fingerprint density at radius 3 is 2.20 bits per heavy atom. The van der Waals surface area contributed by atoms with Gasteiger partial charge in [0.2, 0.25) is 0 Å². The molecule has 1 N–H and O–H groups in total. The van der Waals surface area contributed by atoms with Crippen LogP contribution in [0.2, 0.25) is 0 Å². The SMILES string of the molecule is CC1SC(C)c2c[nH]cc21. The van der Waals surface area contributed by atoms with Crippen LogP contribution in [0.25, 0.3) is 0 Å². The number of nitrogens with one attached hydrogen (secondary N) is 1. The second-order valence-corrected chi connectivity index (χ2v) is 4.47. The lowest BCUT2D eigenvalue weighted by atomic mass is 10.1.